The summed E-state index contributed by atoms with van der Waals surface area (Å²) >= 11 is 0. The van der Waals surface area contributed by atoms with Gasteiger partial charge >= 0.3 is 0 Å². The molecule has 0 aromatic heterocycles. The quantitative estimate of drug-likeness (QED) is 0.305. The summed E-state index contributed by atoms with van der Waals surface area (Å²) in [6.07, 6.45) is 0. The van der Waals surface area contributed by atoms with Gasteiger partial charge in [-0.1, -0.05) is 78.9 Å². The average Bonchev–Trinajstić information content (AvgIpc) is 2.97. The van der Waals surface area contributed by atoms with E-state index >= 15 is 0 Å². The van der Waals surface area contributed by atoms with Gasteiger partial charge in [-0.25, -0.2) is 0 Å². The summed E-state index contributed by atoms with van der Waals surface area (Å²) in [4.78, 5) is 16.1. The molecule has 0 spiro atoms. The molecule has 1 aliphatic rings. The Hall–Kier alpha value is -4.05. The third-order valence-corrected chi connectivity index (χ3v) is 5.46. The molecule has 0 radical (unpaired) electrons. The molecule has 0 aliphatic carbocycles. The molecule has 4 aromatic rings. The molecule has 4 heteroatoms. The van der Waals surface area contributed by atoms with Crippen molar-refractivity contribution in [3.05, 3.63) is 124 Å². The molecule has 4 aromatic carbocycles. The maximum atomic E-state index is 11.5. The van der Waals surface area contributed by atoms with E-state index in [2.05, 4.69) is 18.2 Å². The van der Waals surface area contributed by atoms with E-state index in [1.807, 2.05) is 66.7 Å². The lowest BCUT2D eigenvalue weighted by atomic mass is 9.88. The van der Waals surface area contributed by atoms with Crippen LogP contribution in [0, 0.1) is 10.1 Å². The Morgan fingerprint density at radius 1 is 0.667 bits per heavy atom. The highest BCUT2D eigenvalue weighted by atomic mass is 16.6. The van der Waals surface area contributed by atoms with Gasteiger partial charge in [-0.2, -0.15) is 0 Å². The number of nitrogens with zero attached hydrogens (tertiary/aromatic N) is 2. The van der Waals surface area contributed by atoms with Crippen LogP contribution in [0.15, 0.2) is 102 Å². The van der Waals surface area contributed by atoms with Crippen LogP contribution < -0.4 is 0 Å². The van der Waals surface area contributed by atoms with Crippen LogP contribution in [-0.2, 0) is 6.54 Å². The Morgan fingerprint density at radius 2 is 1.33 bits per heavy atom. The van der Waals surface area contributed by atoms with Crippen LogP contribution in [-0.4, -0.2) is 10.6 Å². The molecule has 0 bridgehead atoms. The first kappa shape index (κ1) is 18.0. The van der Waals surface area contributed by atoms with Crippen LogP contribution in [0.25, 0.3) is 22.3 Å². The van der Waals surface area contributed by atoms with Crippen molar-refractivity contribution in [2.45, 2.75) is 6.54 Å². The Bertz CT molecular complexity index is 1280. The van der Waals surface area contributed by atoms with Gasteiger partial charge < -0.3 is 0 Å². The molecule has 0 saturated heterocycles. The molecule has 0 unspecified atom stereocenters. The van der Waals surface area contributed by atoms with E-state index in [-0.39, 0.29) is 10.6 Å². The summed E-state index contributed by atoms with van der Waals surface area (Å²) in [6.45, 7) is 0.507. The van der Waals surface area contributed by atoms with Crippen LogP contribution in [0.4, 0.5) is 5.69 Å². The molecule has 0 amide bonds. The summed E-state index contributed by atoms with van der Waals surface area (Å²) in [5.74, 6) is 0. The van der Waals surface area contributed by atoms with E-state index < -0.39 is 0 Å². The van der Waals surface area contributed by atoms with E-state index in [1.54, 1.807) is 12.1 Å². The summed E-state index contributed by atoms with van der Waals surface area (Å²) in [6, 6.07) is 31.4. The predicted molar refractivity (Wildman–Crippen MR) is 120 cm³/mol. The van der Waals surface area contributed by atoms with Gasteiger partial charge in [0.1, 0.15) is 0 Å². The Morgan fingerprint density at radius 3 is 2.03 bits per heavy atom. The zero-order valence-electron chi connectivity index (χ0n) is 16.2. The minimum absolute atomic E-state index is 0.0825. The number of hydrogen-bond acceptors (Lipinski definition) is 3. The smallest absolute Gasteiger partial charge is 0.270 e. The zero-order valence-corrected chi connectivity index (χ0v) is 16.2. The number of benzene rings is 4. The second-order valence-corrected chi connectivity index (χ2v) is 7.22. The SMILES string of the molecule is O=[N+]([O-])c1ccc2c(c1)-c1cccc(-c3ccccc3)c1CN=C2c1ccccc1. The monoisotopic (exact) mass is 390 g/mol. The van der Waals surface area contributed by atoms with Crippen LogP contribution in [0.1, 0.15) is 16.7 Å². The Balaban J connectivity index is 1.80. The van der Waals surface area contributed by atoms with E-state index in [0.29, 0.717) is 6.54 Å². The van der Waals surface area contributed by atoms with Crippen molar-refractivity contribution in [2.75, 3.05) is 0 Å². The maximum absolute atomic E-state index is 11.5. The predicted octanol–water partition coefficient (Wildman–Crippen LogP) is 6.28. The minimum atomic E-state index is -0.342. The van der Waals surface area contributed by atoms with Crippen molar-refractivity contribution in [2.24, 2.45) is 4.99 Å². The van der Waals surface area contributed by atoms with E-state index in [4.69, 9.17) is 4.99 Å². The largest absolute Gasteiger partial charge is 0.279 e. The van der Waals surface area contributed by atoms with E-state index in [0.717, 1.165) is 44.7 Å². The molecule has 1 heterocycles. The first-order valence-corrected chi connectivity index (χ1v) is 9.79. The highest BCUT2D eigenvalue weighted by Gasteiger charge is 2.23. The van der Waals surface area contributed by atoms with Crippen molar-refractivity contribution >= 4 is 11.4 Å². The van der Waals surface area contributed by atoms with E-state index in [9.17, 15) is 10.1 Å². The second kappa shape index (κ2) is 7.41. The third-order valence-electron chi connectivity index (χ3n) is 5.46. The maximum Gasteiger partial charge on any atom is 0.270 e. The molecule has 0 saturated carbocycles. The van der Waals surface area contributed by atoms with Crippen LogP contribution in [0.5, 0.6) is 0 Å². The van der Waals surface area contributed by atoms with Gasteiger partial charge in [0.05, 0.1) is 17.2 Å². The minimum Gasteiger partial charge on any atom is -0.279 e. The van der Waals surface area contributed by atoms with Gasteiger partial charge in [0, 0.05) is 23.3 Å². The number of non-ortho nitro benzene ring substituents is 1. The highest BCUT2D eigenvalue weighted by Crippen LogP contribution is 2.39. The lowest BCUT2D eigenvalue weighted by molar-refractivity contribution is -0.384. The van der Waals surface area contributed by atoms with Gasteiger partial charge in [-0.15, -0.1) is 0 Å². The molecule has 1 aliphatic heterocycles. The fourth-order valence-corrected chi connectivity index (χ4v) is 4.06. The molecule has 0 atom stereocenters. The lowest BCUT2D eigenvalue weighted by Crippen LogP contribution is -2.05. The van der Waals surface area contributed by atoms with Gasteiger partial charge in [0.15, 0.2) is 0 Å². The lowest BCUT2D eigenvalue weighted by Gasteiger charge is -2.14. The fraction of sp³-hybridized carbons (Fsp3) is 0.0385. The topological polar surface area (TPSA) is 55.5 Å². The van der Waals surface area contributed by atoms with Crippen LogP contribution >= 0.6 is 0 Å². The van der Waals surface area contributed by atoms with Gasteiger partial charge in [0.25, 0.3) is 5.69 Å². The van der Waals surface area contributed by atoms with Crippen LogP contribution in [0.2, 0.25) is 0 Å². The first-order chi connectivity index (χ1) is 14.7. The summed E-state index contributed by atoms with van der Waals surface area (Å²) < 4.78 is 0. The molecular formula is C26H18N2O2. The van der Waals surface area contributed by atoms with Crippen molar-refractivity contribution in [1.29, 1.82) is 0 Å². The number of nitro benzene ring substituents is 1. The standard InChI is InChI=1S/C26H18N2O2/c29-28(30)20-14-15-23-24(16-20)22-13-7-12-21(18-8-3-1-4-9-18)25(22)17-27-26(23)19-10-5-2-6-11-19/h1-16H,17H2. The average molecular weight is 390 g/mol. The fourth-order valence-electron chi connectivity index (χ4n) is 4.06. The van der Waals surface area contributed by atoms with Crippen molar-refractivity contribution in [3.63, 3.8) is 0 Å². The number of nitro groups is 1. The first-order valence-electron chi connectivity index (χ1n) is 9.79. The Kier molecular flexibility index (Phi) is 4.45. The summed E-state index contributed by atoms with van der Waals surface area (Å²) in [5.41, 5.74) is 7.98. The molecule has 5 rings (SSSR count). The number of hydrogen-bond donors (Lipinski definition) is 0. The van der Waals surface area contributed by atoms with Crippen molar-refractivity contribution < 1.29 is 4.92 Å². The number of fused-ring (bicyclic) bond motifs is 3. The second-order valence-electron chi connectivity index (χ2n) is 7.22. The van der Waals surface area contributed by atoms with Crippen LogP contribution in [0.3, 0.4) is 0 Å². The number of rotatable bonds is 3. The summed E-state index contributed by atoms with van der Waals surface area (Å²) in [5, 5.41) is 11.5. The third kappa shape index (κ3) is 3.08. The molecule has 144 valence electrons. The highest BCUT2D eigenvalue weighted by molar-refractivity contribution is 6.17. The van der Waals surface area contributed by atoms with Crippen molar-refractivity contribution in [1.82, 2.24) is 0 Å². The molecular weight excluding hydrogens is 372 g/mol. The zero-order chi connectivity index (χ0) is 20.5. The van der Waals surface area contributed by atoms with Gasteiger partial charge in [-0.3, -0.25) is 15.1 Å². The molecule has 30 heavy (non-hydrogen) atoms. The summed E-state index contributed by atoms with van der Waals surface area (Å²) in [7, 11) is 0. The van der Waals surface area contributed by atoms with Gasteiger partial charge in [0.2, 0.25) is 0 Å². The van der Waals surface area contributed by atoms with Crippen molar-refractivity contribution in [3.8, 4) is 22.3 Å². The number of aliphatic imine (C=N–C) groups is 1. The molecule has 4 nitrogen and oxygen atoms in total. The van der Waals surface area contributed by atoms with E-state index in [1.165, 1.54) is 0 Å². The van der Waals surface area contributed by atoms with Gasteiger partial charge in [-0.05, 0) is 33.9 Å². The normalized spacial score (nSPS) is 12.3. The Labute approximate surface area is 174 Å². The molecule has 0 fully saturated rings. The molecule has 0 N–H and O–H groups in total.